The molecule has 0 radical (unpaired) electrons. The molecule has 92 valence electrons. The predicted octanol–water partition coefficient (Wildman–Crippen LogP) is 2.77. The SMILES string of the molecule is O=C(O)c1ncc(Cl)c(-c2ccc(F)cc2F)n1. The number of hydrogen-bond donors (Lipinski definition) is 1. The Bertz CT molecular complexity index is 634. The van der Waals surface area contributed by atoms with Crippen molar-refractivity contribution < 1.29 is 18.7 Å². The van der Waals surface area contributed by atoms with Gasteiger partial charge in [0.1, 0.15) is 11.6 Å². The largest absolute Gasteiger partial charge is 0.475 e. The minimum absolute atomic E-state index is 0.0227. The van der Waals surface area contributed by atoms with Crippen molar-refractivity contribution in [3.8, 4) is 11.3 Å². The number of benzene rings is 1. The van der Waals surface area contributed by atoms with Crippen LogP contribution in [0, 0.1) is 11.6 Å². The van der Waals surface area contributed by atoms with Crippen LogP contribution in [0.1, 0.15) is 10.6 Å². The van der Waals surface area contributed by atoms with Crippen LogP contribution in [-0.2, 0) is 0 Å². The maximum atomic E-state index is 13.5. The number of nitrogens with zero attached hydrogens (tertiary/aromatic N) is 2. The van der Waals surface area contributed by atoms with E-state index in [0.717, 1.165) is 18.3 Å². The summed E-state index contributed by atoms with van der Waals surface area (Å²) in [5, 5.41) is 8.72. The summed E-state index contributed by atoms with van der Waals surface area (Å²) in [7, 11) is 0. The highest BCUT2D eigenvalue weighted by molar-refractivity contribution is 6.32. The Morgan fingerprint density at radius 2 is 2.06 bits per heavy atom. The molecule has 7 heteroatoms. The smallest absolute Gasteiger partial charge is 0.373 e. The lowest BCUT2D eigenvalue weighted by molar-refractivity contribution is 0.0683. The lowest BCUT2D eigenvalue weighted by atomic mass is 10.1. The normalized spacial score (nSPS) is 10.4. The Labute approximate surface area is 105 Å². The topological polar surface area (TPSA) is 63.1 Å². The lowest BCUT2D eigenvalue weighted by Crippen LogP contribution is -2.05. The van der Waals surface area contributed by atoms with Crippen LogP contribution in [0.3, 0.4) is 0 Å². The van der Waals surface area contributed by atoms with Crippen LogP contribution in [0.5, 0.6) is 0 Å². The molecule has 2 aromatic rings. The Kier molecular flexibility index (Phi) is 3.20. The minimum atomic E-state index is -1.37. The summed E-state index contributed by atoms with van der Waals surface area (Å²) >= 11 is 5.77. The molecule has 0 fully saturated rings. The fourth-order valence-corrected chi connectivity index (χ4v) is 1.53. The Morgan fingerprint density at radius 1 is 1.33 bits per heavy atom. The van der Waals surface area contributed by atoms with Gasteiger partial charge in [0.25, 0.3) is 0 Å². The molecule has 0 bridgehead atoms. The second-order valence-electron chi connectivity index (χ2n) is 3.32. The highest BCUT2D eigenvalue weighted by Gasteiger charge is 2.15. The van der Waals surface area contributed by atoms with E-state index in [1.807, 2.05) is 0 Å². The van der Waals surface area contributed by atoms with Gasteiger partial charge in [-0.25, -0.2) is 23.5 Å². The number of carboxylic acids is 1. The molecular weight excluding hydrogens is 266 g/mol. The highest BCUT2D eigenvalue weighted by Crippen LogP contribution is 2.27. The van der Waals surface area contributed by atoms with Gasteiger partial charge in [-0.05, 0) is 12.1 Å². The molecule has 0 saturated heterocycles. The van der Waals surface area contributed by atoms with Crippen LogP contribution in [0.15, 0.2) is 24.4 Å². The van der Waals surface area contributed by atoms with E-state index in [0.29, 0.717) is 6.07 Å². The van der Waals surface area contributed by atoms with Crippen molar-refractivity contribution >= 4 is 17.6 Å². The third-order valence-electron chi connectivity index (χ3n) is 2.12. The Balaban J connectivity index is 2.62. The molecule has 4 nitrogen and oxygen atoms in total. The van der Waals surface area contributed by atoms with Crippen LogP contribution in [0.2, 0.25) is 5.02 Å². The second kappa shape index (κ2) is 4.66. The van der Waals surface area contributed by atoms with Crippen molar-refractivity contribution in [2.24, 2.45) is 0 Å². The minimum Gasteiger partial charge on any atom is -0.475 e. The van der Waals surface area contributed by atoms with E-state index in [9.17, 15) is 13.6 Å². The fraction of sp³-hybridized carbons (Fsp3) is 0. The van der Waals surface area contributed by atoms with E-state index < -0.39 is 23.4 Å². The third kappa shape index (κ3) is 2.28. The first-order valence-corrected chi connectivity index (χ1v) is 5.08. The second-order valence-corrected chi connectivity index (χ2v) is 3.73. The number of rotatable bonds is 2. The van der Waals surface area contributed by atoms with Crippen LogP contribution < -0.4 is 0 Å². The van der Waals surface area contributed by atoms with E-state index in [4.69, 9.17) is 16.7 Å². The standard InChI is InChI=1S/C11H5ClF2N2O2/c12-7-4-15-10(11(17)18)16-9(7)6-2-1-5(13)3-8(6)14/h1-4H,(H,17,18). The maximum Gasteiger partial charge on any atom is 0.373 e. The van der Waals surface area contributed by atoms with E-state index in [-0.39, 0.29) is 16.3 Å². The van der Waals surface area contributed by atoms with Crippen molar-refractivity contribution in [1.82, 2.24) is 9.97 Å². The Hall–Kier alpha value is -2.08. The quantitative estimate of drug-likeness (QED) is 0.911. The van der Waals surface area contributed by atoms with E-state index in [1.165, 1.54) is 0 Å². The summed E-state index contributed by atoms with van der Waals surface area (Å²) in [5.74, 6) is -3.51. The van der Waals surface area contributed by atoms with Gasteiger partial charge in [-0.1, -0.05) is 11.6 Å². The number of aromatic nitrogens is 2. The predicted molar refractivity (Wildman–Crippen MR) is 59.4 cm³/mol. The van der Waals surface area contributed by atoms with Gasteiger partial charge in [-0.2, -0.15) is 0 Å². The van der Waals surface area contributed by atoms with Gasteiger partial charge in [-0.3, -0.25) is 0 Å². The molecular formula is C11H5ClF2N2O2. The third-order valence-corrected chi connectivity index (χ3v) is 2.40. The van der Waals surface area contributed by atoms with Crippen LogP contribution in [-0.4, -0.2) is 21.0 Å². The molecule has 18 heavy (non-hydrogen) atoms. The van der Waals surface area contributed by atoms with Crippen molar-refractivity contribution in [2.45, 2.75) is 0 Å². The van der Waals surface area contributed by atoms with Gasteiger partial charge >= 0.3 is 5.97 Å². The zero-order valence-corrected chi connectivity index (χ0v) is 9.45. The molecule has 0 aliphatic rings. The van der Waals surface area contributed by atoms with E-state index in [2.05, 4.69) is 9.97 Å². The van der Waals surface area contributed by atoms with Gasteiger partial charge in [0.15, 0.2) is 0 Å². The first-order chi connectivity index (χ1) is 8.49. The van der Waals surface area contributed by atoms with Crippen LogP contribution >= 0.6 is 11.6 Å². The summed E-state index contributed by atoms with van der Waals surface area (Å²) in [6.45, 7) is 0. The van der Waals surface area contributed by atoms with E-state index >= 15 is 0 Å². The molecule has 0 spiro atoms. The first-order valence-electron chi connectivity index (χ1n) is 4.70. The molecule has 0 aliphatic heterocycles. The molecule has 2 rings (SSSR count). The summed E-state index contributed by atoms with van der Waals surface area (Å²) in [6, 6.07) is 2.82. The van der Waals surface area contributed by atoms with Crippen molar-refractivity contribution in [1.29, 1.82) is 0 Å². The van der Waals surface area contributed by atoms with Gasteiger partial charge in [0, 0.05) is 11.6 Å². The average Bonchev–Trinajstić information content (AvgIpc) is 2.30. The summed E-state index contributed by atoms with van der Waals surface area (Å²) in [6.07, 6.45) is 1.05. The van der Waals surface area contributed by atoms with Crippen molar-refractivity contribution in [3.05, 3.63) is 46.9 Å². The number of carboxylic acid groups (broad SMARTS) is 1. The number of hydrogen-bond acceptors (Lipinski definition) is 3. The number of halogens is 3. The zero-order chi connectivity index (χ0) is 13.3. The van der Waals surface area contributed by atoms with Crippen LogP contribution in [0.4, 0.5) is 8.78 Å². The zero-order valence-electron chi connectivity index (χ0n) is 8.69. The summed E-state index contributed by atoms with van der Waals surface area (Å²) in [4.78, 5) is 17.8. The molecule has 1 N–H and O–H groups in total. The molecule has 0 atom stereocenters. The van der Waals surface area contributed by atoms with E-state index in [1.54, 1.807) is 0 Å². The summed E-state index contributed by atoms with van der Waals surface area (Å²) < 4.78 is 26.3. The molecule has 0 amide bonds. The monoisotopic (exact) mass is 270 g/mol. The highest BCUT2D eigenvalue weighted by atomic mass is 35.5. The molecule has 1 aromatic heterocycles. The van der Waals surface area contributed by atoms with Crippen molar-refractivity contribution in [3.63, 3.8) is 0 Å². The summed E-state index contributed by atoms with van der Waals surface area (Å²) in [5.41, 5.74) is -0.187. The number of carbonyl (C=O) groups is 1. The van der Waals surface area contributed by atoms with Gasteiger partial charge in [-0.15, -0.1) is 0 Å². The van der Waals surface area contributed by atoms with Crippen LogP contribution in [0.25, 0.3) is 11.3 Å². The maximum absolute atomic E-state index is 13.5. The van der Waals surface area contributed by atoms with Gasteiger partial charge in [0.2, 0.25) is 5.82 Å². The lowest BCUT2D eigenvalue weighted by Gasteiger charge is -2.05. The van der Waals surface area contributed by atoms with Crippen molar-refractivity contribution in [2.75, 3.05) is 0 Å². The van der Waals surface area contributed by atoms with Gasteiger partial charge in [0.05, 0.1) is 16.9 Å². The molecule has 0 saturated carbocycles. The molecule has 1 aromatic carbocycles. The average molecular weight is 271 g/mol. The first kappa shape index (κ1) is 12.4. The fourth-order valence-electron chi connectivity index (χ4n) is 1.34. The molecule has 0 aliphatic carbocycles. The Morgan fingerprint density at radius 3 is 2.67 bits per heavy atom. The number of aromatic carboxylic acids is 1. The molecule has 0 unspecified atom stereocenters. The van der Waals surface area contributed by atoms with Gasteiger partial charge < -0.3 is 5.11 Å². The molecule has 1 heterocycles.